The average molecular weight is 428 g/mol. The predicted octanol–water partition coefficient (Wildman–Crippen LogP) is -0.810. The van der Waals surface area contributed by atoms with Crippen LogP contribution < -0.4 is 23.3 Å². The van der Waals surface area contributed by atoms with Crippen molar-refractivity contribution < 1.29 is 33.6 Å². The van der Waals surface area contributed by atoms with Crippen molar-refractivity contribution in [1.82, 2.24) is 4.68 Å². The Morgan fingerprint density at radius 2 is 1.24 bits per heavy atom. The van der Waals surface area contributed by atoms with E-state index in [4.69, 9.17) is 18.6 Å². The number of aromatic nitrogens is 2. The zero-order valence-corrected chi connectivity index (χ0v) is 15.9. The molecule has 0 aliphatic heterocycles. The molecule has 0 radical (unpaired) electrons. The molecule has 132 valence electrons. The van der Waals surface area contributed by atoms with Gasteiger partial charge < -0.3 is 0 Å². The van der Waals surface area contributed by atoms with Crippen molar-refractivity contribution in [3.05, 3.63) is 65.1 Å². The normalized spacial score (nSPS) is 11.0. The van der Waals surface area contributed by atoms with Gasteiger partial charge in [-0.2, -0.15) is 4.68 Å². The first-order valence-corrected chi connectivity index (χ1v) is 9.20. The molecule has 3 rings (SSSR count). The number of hydrogen-bond acceptors (Lipinski definition) is 4. The van der Waals surface area contributed by atoms with Gasteiger partial charge in [0.05, 0.1) is 7.05 Å². The molecule has 0 saturated heterocycles. The second-order valence-electron chi connectivity index (χ2n) is 5.17. The molecular formula is C17H16BrClN2O4. The lowest BCUT2D eigenvalue weighted by atomic mass is 10.1. The van der Waals surface area contributed by atoms with Gasteiger partial charge in [-0.3, -0.25) is 0 Å². The van der Waals surface area contributed by atoms with Crippen LogP contribution in [0.25, 0.3) is 22.5 Å². The van der Waals surface area contributed by atoms with E-state index in [1.807, 2.05) is 12.1 Å². The Morgan fingerprint density at radius 1 is 0.840 bits per heavy atom. The molecule has 0 atom stereocenters. The lowest BCUT2D eigenvalue weighted by molar-refractivity contribution is -2.00. The van der Waals surface area contributed by atoms with Gasteiger partial charge in [0.1, 0.15) is 10.2 Å². The third-order valence-electron chi connectivity index (χ3n) is 3.61. The highest BCUT2D eigenvalue weighted by atomic mass is 79.9. The maximum absolute atomic E-state index is 8.49. The van der Waals surface area contributed by atoms with Crippen molar-refractivity contribution in [3.8, 4) is 22.5 Å². The van der Waals surface area contributed by atoms with Crippen molar-refractivity contribution in [2.24, 2.45) is 14.1 Å². The van der Waals surface area contributed by atoms with Crippen LogP contribution in [0.3, 0.4) is 0 Å². The number of halogens is 2. The molecule has 0 fully saturated rings. The minimum absolute atomic E-state index is 1.12. The number of rotatable bonds is 2. The summed E-state index contributed by atoms with van der Waals surface area (Å²) in [6.07, 6.45) is 0. The lowest BCUT2D eigenvalue weighted by Crippen LogP contribution is -2.68. The standard InChI is InChI=1S/C17H16BrN2.ClHO4/c1-19-16(13-9-5-3-6-10-13)15(18)17(20(19)2)14-11-7-4-8-12-14;2-1(3,4)5/h3-12H,1-2H3;(H,2,3,4,5)/q+1;/p-1. The summed E-state index contributed by atoms with van der Waals surface area (Å²) >= 11 is 3.78. The minimum Gasteiger partial charge on any atom is -0.222 e. The summed E-state index contributed by atoms with van der Waals surface area (Å²) in [5.41, 5.74) is 4.79. The predicted molar refractivity (Wildman–Crippen MR) is 85.2 cm³/mol. The van der Waals surface area contributed by atoms with E-state index in [1.54, 1.807) is 0 Å². The zero-order chi connectivity index (χ0) is 18.6. The van der Waals surface area contributed by atoms with Crippen LogP contribution in [0.15, 0.2) is 65.1 Å². The fraction of sp³-hybridized carbons (Fsp3) is 0.118. The molecule has 0 aliphatic carbocycles. The van der Waals surface area contributed by atoms with Crippen LogP contribution in [0.1, 0.15) is 0 Å². The largest absolute Gasteiger partial charge is 0.253 e. The van der Waals surface area contributed by atoms with Crippen LogP contribution in [0.2, 0.25) is 0 Å². The highest BCUT2D eigenvalue weighted by molar-refractivity contribution is 9.10. The Bertz CT molecular complexity index is 764. The molecule has 3 aromatic rings. The van der Waals surface area contributed by atoms with Crippen LogP contribution in [0, 0.1) is 10.2 Å². The highest BCUT2D eigenvalue weighted by Gasteiger charge is 2.26. The first kappa shape index (κ1) is 19.6. The van der Waals surface area contributed by atoms with Gasteiger partial charge in [-0.25, -0.2) is 18.6 Å². The molecule has 0 saturated carbocycles. The molecule has 6 nitrogen and oxygen atoms in total. The molecule has 25 heavy (non-hydrogen) atoms. The molecule has 2 aromatic carbocycles. The van der Waals surface area contributed by atoms with Gasteiger partial charge in [-0.1, -0.05) is 48.5 Å². The summed E-state index contributed by atoms with van der Waals surface area (Å²) in [5.74, 6) is 0. The molecular weight excluding hydrogens is 412 g/mol. The van der Waals surface area contributed by atoms with E-state index in [0.29, 0.717) is 0 Å². The molecule has 0 bridgehead atoms. The molecule has 1 aromatic heterocycles. The van der Waals surface area contributed by atoms with E-state index in [1.165, 1.54) is 22.5 Å². The second-order valence-corrected chi connectivity index (χ2v) is 6.72. The van der Waals surface area contributed by atoms with Gasteiger partial charge in [-0.15, -0.1) is 14.9 Å². The quantitative estimate of drug-likeness (QED) is 0.499. The van der Waals surface area contributed by atoms with E-state index in [-0.39, 0.29) is 0 Å². The van der Waals surface area contributed by atoms with Crippen molar-refractivity contribution in [1.29, 1.82) is 0 Å². The van der Waals surface area contributed by atoms with Crippen LogP contribution >= 0.6 is 15.9 Å². The molecule has 0 N–H and O–H groups in total. The molecule has 0 unspecified atom stereocenters. The van der Waals surface area contributed by atoms with Crippen molar-refractivity contribution >= 4 is 15.9 Å². The van der Waals surface area contributed by atoms with Crippen LogP contribution in [0.5, 0.6) is 0 Å². The Morgan fingerprint density at radius 3 is 1.68 bits per heavy atom. The van der Waals surface area contributed by atoms with Gasteiger partial charge in [0.15, 0.2) is 7.05 Å². The Hall–Kier alpha value is -1.74. The molecule has 0 amide bonds. The monoisotopic (exact) mass is 426 g/mol. The van der Waals surface area contributed by atoms with E-state index in [0.717, 1.165) is 4.47 Å². The summed E-state index contributed by atoms with van der Waals surface area (Å²) in [4.78, 5) is 0. The van der Waals surface area contributed by atoms with E-state index >= 15 is 0 Å². The Kier molecular flexibility index (Phi) is 6.34. The lowest BCUT2D eigenvalue weighted by Gasteiger charge is -2.17. The van der Waals surface area contributed by atoms with Crippen LogP contribution in [0.4, 0.5) is 0 Å². The first-order valence-electron chi connectivity index (χ1n) is 7.17. The number of hydrogen-bond donors (Lipinski definition) is 0. The summed E-state index contributed by atoms with van der Waals surface area (Å²) < 4.78 is 39.4. The number of benzene rings is 2. The van der Waals surface area contributed by atoms with Gasteiger partial charge >= 0.3 is 0 Å². The Balaban J connectivity index is 0.000000399. The van der Waals surface area contributed by atoms with Gasteiger partial charge in [0.25, 0.3) is 5.69 Å². The minimum atomic E-state index is -4.94. The van der Waals surface area contributed by atoms with Gasteiger partial charge in [-0.05, 0) is 28.1 Å². The number of nitrogens with zero attached hydrogens (tertiary/aromatic N) is 2. The average Bonchev–Trinajstić information content (AvgIpc) is 2.77. The summed E-state index contributed by atoms with van der Waals surface area (Å²) in [6.45, 7) is 0. The highest BCUT2D eigenvalue weighted by Crippen LogP contribution is 2.34. The first-order chi connectivity index (χ1) is 11.7. The topological polar surface area (TPSA) is 101 Å². The van der Waals surface area contributed by atoms with Gasteiger partial charge in [0, 0.05) is 11.1 Å². The zero-order valence-electron chi connectivity index (χ0n) is 13.6. The van der Waals surface area contributed by atoms with E-state index < -0.39 is 10.2 Å². The molecule has 1 heterocycles. The second kappa shape index (κ2) is 8.09. The van der Waals surface area contributed by atoms with Crippen molar-refractivity contribution in [2.45, 2.75) is 0 Å². The Labute approximate surface area is 156 Å². The fourth-order valence-corrected chi connectivity index (χ4v) is 3.49. The maximum atomic E-state index is 8.49. The van der Waals surface area contributed by atoms with E-state index in [2.05, 4.69) is 87.9 Å². The van der Waals surface area contributed by atoms with Gasteiger partial charge in [0.2, 0.25) is 0 Å². The fourth-order valence-electron chi connectivity index (χ4n) is 2.52. The van der Waals surface area contributed by atoms with Crippen LogP contribution in [-0.2, 0) is 14.1 Å². The van der Waals surface area contributed by atoms with Crippen molar-refractivity contribution in [3.63, 3.8) is 0 Å². The SMILES string of the molecule is Cn1c(-c2ccccc2)c(Br)c(-c2ccccc2)[n+]1C.[O-][Cl+3]([O-])([O-])[O-]. The summed E-state index contributed by atoms with van der Waals surface area (Å²) in [5, 5.41) is 0. The third-order valence-corrected chi connectivity index (χ3v) is 4.36. The molecule has 0 aliphatic rings. The summed E-state index contributed by atoms with van der Waals surface area (Å²) in [7, 11) is -0.779. The molecule has 8 heteroatoms. The molecule has 0 spiro atoms. The van der Waals surface area contributed by atoms with Crippen molar-refractivity contribution in [2.75, 3.05) is 0 Å². The summed E-state index contributed by atoms with van der Waals surface area (Å²) in [6, 6.07) is 20.9. The maximum Gasteiger partial charge on any atom is 0.253 e. The van der Waals surface area contributed by atoms with E-state index in [9.17, 15) is 0 Å². The third kappa shape index (κ3) is 5.12. The van der Waals surface area contributed by atoms with Crippen LogP contribution in [-0.4, -0.2) is 4.68 Å². The smallest absolute Gasteiger partial charge is 0.222 e.